The number of nitro groups is 1. The highest BCUT2D eigenvalue weighted by Crippen LogP contribution is 2.27. The smallest absolute Gasteiger partial charge is 0.269 e. The molecule has 2 aromatic carbocycles. The maximum atomic E-state index is 12.6. The molecule has 144 valence electrons. The van der Waals surface area contributed by atoms with Crippen molar-refractivity contribution in [3.8, 4) is 5.69 Å². The van der Waals surface area contributed by atoms with Gasteiger partial charge in [0.1, 0.15) is 5.82 Å². The number of hydrogen-bond acceptors (Lipinski definition) is 6. The Bertz CT molecular complexity index is 1020. The van der Waals surface area contributed by atoms with Gasteiger partial charge in [-0.3, -0.25) is 19.5 Å². The van der Waals surface area contributed by atoms with Crippen molar-refractivity contribution in [2.24, 2.45) is 0 Å². The van der Waals surface area contributed by atoms with E-state index in [4.69, 9.17) is 0 Å². The van der Waals surface area contributed by atoms with Crippen LogP contribution in [0.25, 0.3) is 5.69 Å². The number of non-ortho nitro benzene ring substituents is 1. The molecule has 0 bridgehead atoms. The third kappa shape index (κ3) is 4.20. The highest BCUT2D eigenvalue weighted by Gasteiger charge is 2.21. The first-order valence-corrected chi connectivity index (χ1v) is 9.45. The van der Waals surface area contributed by atoms with E-state index in [9.17, 15) is 14.9 Å². The first-order valence-electron chi connectivity index (χ1n) is 8.57. The van der Waals surface area contributed by atoms with Crippen LogP contribution in [-0.2, 0) is 4.79 Å². The summed E-state index contributed by atoms with van der Waals surface area (Å²) in [5.74, 6) is 0.509. The highest BCUT2D eigenvalue weighted by atomic mass is 32.2. The number of amides is 1. The van der Waals surface area contributed by atoms with E-state index in [1.807, 2.05) is 41.8 Å². The van der Waals surface area contributed by atoms with Crippen molar-refractivity contribution in [2.75, 3.05) is 5.32 Å². The molecule has 0 aliphatic heterocycles. The number of para-hydroxylation sites is 1. The van der Waals surface area contributed by atoms with Gasteiger partial charge in [0.05, 0.1) is 10.2 Å². The summed E-state index contributed by atoms with van der Waals surface area (Å²) in [6.45, 7) is 5.35. The molecule has 28 heavy (non-hydrogen) atoms. The predicted molar refractivity (Wildman–Crippen MR) is 108 cm³/mol. The van der Waals surface area contributed by atoms with Crippen molar-refractivity contribution in [3.63, 3.8) is 0 Å². The molecule has 0 saturated heterocycles. The molecule has 0 radical (unpaired) electrons. The van der Waals surface area contributed by atoms with E-state index in [0.717, 1.165) is 11.5 Å². The number of benzene rings is 2. The Morgan fingerprint density at radius 3 is 2.54 bits per heavy atom. The van der Waals surface area contributed by atoms with Crippen LogP contribution in [0.1, 0.15) is 18.3 Å². The van der Waals surface area contributed by atoms with Crippen LogP contribution < -0.4 is 5.32 Å². The van der Waals surface area contributed by atoms with E-state index >= 15 is 0 Å². The first kappa shape index (κ1) is 19.6. The Kier molecular flexibility index (Phi) is 5.74. The fourth-order valence-electron chi connectivity index (χ4n) is 2.64. The van der Waals surface area contributed by atoms with Crippen molar-refractivity contribution in [3.05, 3.63) is 70.0 Å². The Labute approximate surface area is 166 Å². The summed E-state index contributed by atoms with van der Waals surface area (Å²) in [6.07, 6.45) is 0. The number of carbonyl (C=O) groups excluding carboxylic acids is 1. The van der Waals surface area contributed by atoms with E-state index in [1.54, 1.807) is 19.9 Å². The van der Waals surface area contributed by atoms with Crippen molar-refractivity contribution >= 4 is 29.0 Å². The zero-order chi connectivity index (χ0) is 20.3. The zero-order valence-electron chi connectivity index (χ0n) is 15.6. The molecule has 3 aromatic rings. The van der Waals surface area contributed by atoms with Gasteiger partial charge in [-0.15, -0.1) is 10.2 Å². The molecule has 9 heteroatoms. The normalized spacial score (nSPS) is 11.8. The van der Waals surface area contributed by atoms with Gasteiger partial charge >= 0.3 is 0 Å². The van der Waals surface area contributed by atoms with Crippen LogP contribution in [0, 0.1) is 24.0 Å². The molecule has 0 saturated carbocycles. The van der Waals surface area contributed by atoms with Crippen LogP contribution in [0.5, 0.6) is 0 Å². The number of rotatable bonds is 6. The fraction of sp³-hybridized carbons (Fsp3) is 0.211. The molecular formula is C19H19N5O3S. The SMILES string of the molecule is Cc1cc([N+](=O)[O-])ccc1NC(=O)[C@H](C)Sc1nnc(C)n1-c1ccccc1. The summed E-state index contributed by atoms with van der Waals surface area (Å²) >= 11 is 1.30. The van der Waals surface area contributed by atoms with Gasteiger partial charge < -0.3 is 5.32 Å². The van der Waals surface area contributed by atoms with Gasteiger partial charge in [0.25, 0.3) is 5.69 Å². The monoisotopic (exact) mass is 397 g/mol. The minimum Gasteiger partial charge on any atom is -0.325 e. The first-order chi connectivity index (χ1) is 13.4. The van der Waals surface area contributed by atoms with Gasteiger partial charge in [0.15, 0.2) is 5.16 Å². The summed E-state index contributed by atoms with van der Waals surface area (Å²) in [7, 11) is 0. The summed E-state index contributed by atoms with van der Waals surface area (Å²) in [6, 6.07) is 14.0. The second-order valence-corrected chi connectivity index (χ2v) is 7.51. The molecule has 3 rings (SSSR count). The van der Waals surface area contributed by atoms with E-state index in [0.29, 0.717) is 16.4 Å². The summed E-state index contributed by atoms with van der Waals surface area (Å²) in [4.78, 5) is 23.0. The Morgan fingerprint density at radius 1 is 1.18 bits per heavy atom. The molecule has 0 aliphatic rings. The molecule has 1 N–H and O–H groups in total. The van der Waals surface area contributed by atoms with Gasteiger partial charge in [0.2, 0.25) is 5.91 Å². The largest absolute Gasteiger partial charge is 0.325 e. The second kappa shape index (κ2) is 8.22. The number of thioether (sulfide) groups is 1. The van der Waals surface area contributed by atoms with Gasteiger partial charge in [-0.1, -0.05) is 30.0 Å². The van der Waals surface area contributed by atoms with E-state index in [1.165, 1.54) is 23.9 Å². The summed E-state index contributed by atoms with van der Waals surface area (Å²) in [5.41, 5.74) is 2.09. The van der Waals surface area contributed by atoms with Crippen molar-refractivity contribution in [1.82, 2.24) is 14.8 Å². The number of nitro benzene ring substituents is 1. The summed E-state index contributed by atoms with van der Waals surface area (Å²) < 4.78 is 1.89. The van der Waals surface area contributed by atoms with Crippen LogP contribution in [0.2, 0.25) is 0 Å². The maximum absolute atomic E-state index is 12.6. The lowest BCUT2D eigenvalue weighted by atomic mass is 10.2. The Balaban J connectivity index is 1.75. The molecule has 0 fully saturated rings. The Hall–Kier alpha value is -3.20. The molecule has 0 unspecified atom stereocenters. The van der Waals surface area contributed by atoms with Gasteiger partial charge in [0, 0.05) is 23.5 Å². The third-order valence-electron chi connectivity index (χ3n) is 4.14. The molecule has 1 amide bonds. The van der Waals surface area contributed by atoms with Crippen LogP contribution in [-0.4, -0.2) is 30.8 Å². The quantitative estimate of drug-likeness (QED) is 0.384. The van der Waals surface area contributed by atoms with E-state index < -0.39 is 10.2 Å². The number of aryl methyl sites for hydroxylation is 2. The number of hydrogen-bond donors (Lipinski definition) is 1. The minimum atomic E-state index is -0.462. The lowest BCUT2D eigenvalue weighted by molar-refractivity contribution is -0.384. The van der Waals surface area contributed by atoms with Crippen molar-refractivity contribution in [2.45, 2.75) is 31.2 Å². The lowest BCUT2D eigenvalue weighted by Gasteiger charge is -2.14. The van der Waals surface area contributed by atoms with Gasteiger partial charge in [-0.2, -0.15) is 0 Å². The Morgan fingerprint density at radius 2 is 1.89 bits per heavy atom. The van der Waals surface area contributed by atoms with Gasteiger partial charge in [-0.05, 0) is 44.5 Å². The molecule has 1 aromatic heterocycles. The number of nitrogens with one attached hydrogen (secondary N) is 1. The fourth-order valence-corrected chi connectivity index (χ4v) is 3.55. The standard InChI is InChI=1S/C19H19N5O3S/c1-12-11-16(24(26)27)9-10-17(12)20-18(25)13(2)28-19-22-21-14(3)23(19)15-7-5-4-6-8-15/h4-11,13H,1-3H3,(H,20,25)/t13-/m0/s1. The van der Waals surface area contributed by atoms with E-state index in [2.05, 4.69) is 15.5 Å². The van der Waals surface area contributed by atoms with Crippen LogP contribution in [0.4, 0.5) is 11.4 Å². The summed E-state index contributed by atoms with van der Waals surface area (Å²) in [5, 5.41) is 22.2. The highest BCUT2D eigenvalue weighted by molar-refractivity contribution is 8.00. The number of anilines is 1. The molecule has 0 spiro atoms. The molecule has 0 aliphatic carbocycles. The predicted octanol–water partition coefficient (Wildman–Crippen LogP) is 3.91. The third-order valence-corrected chi connectivity index (χ3v) is 5.18. The molecule has 1 heterocycles. The second-order valence-electron chi connectivity index (χ2n) is 6.21. The minimum absolute atomic E-state index is 0.00985. The van der Waals surface area contributed by atoms with Crippen molar-refractivity contribution < 1.29 is 9.72 Å². The molecule has 8 nitrogen and oxygen atoms in total. The maximum Gasteiger partial charge on any atom is 0.269 e. The van der Waals surface area contributed by atoms with Crippen molar-refractivity contribution in [1.29, 1.82) is 0 Å². The van der Waals surface area contributed by atoms with Gasteiger partial charge in [-0.25, -0.2) is 0 Å². The molecular weight excluding hydrogens is 378 g/mol. The lowest BCUT2D eigenvalue weighted by Crippen LogP contribution is -2.23. The zero-order valence-corrected chi connectivity index (χ0v) is 16.4. The topological polar surface area (TPSA) is 103 Å². The van der Waals surface area contributed by atoms with Crippen LogP contribution in [0.15, 0.2) is 53.7 Å². The number of aromatic nitrogens is 3. The van der Waals surface area contributed by atoms with Crippen LogP contribution in [0.3, 0.4) is 0 Å². The average Bonchev–Trinajstić information content (AvgIpc) is 3.03. The molecule has 1 atom stereocenters. The van der Waals surface area contributed by atoms with E-state index in [-0.39, 0.29) is 11.6 Å². The van der Waals surface area contributed by atoms with Crippen LogP contribution >= 0.6 is 11.8 Å². The number of carbonyl (C=O) groups is 1. The average molecular weight is 397 g/mol. The number of nitrogens with zero attached hydrogens (tertiary/aromatic N) is 4.